The van der Waals surface area contributed by atoms with Crippen molar-refractivity contribution in [3.63, 3.8) is 0 Å². The van der Waals surface area contributed by atoms with Crippen LogP contribution in [0.1, 0.15) is 0 Å². The van der Waals surface area contributed by atoms with Gasteiger partial charge in [0.25, 0.3) is 15.7 Å². The lowest BCUT2D eigenvalue weighted by atomic mass is 10.2. The number of nitro benzene ring substituents is 1. The summed E-state index contributed by atoms with van der Waals surface area (Å²) in [4.78, 5) is 13.3. The molecule has 31 heavy (non-hydrogen) atoms. The van der Waals surface area contributed by atoms with E-state index in [0.29, 0.717) is 33.0 Å². The average Bonchev–Trinajstić information content (AvgIpc) is 3.17. The Balaban J connectivity index is 1.62. The van der Waals surface area contributed by atoms with Gasteiger partial charge in [-0.2, -0.15) is 5.11 Å². The summed E-state index contributed by atoms with van der Waals surface area (Å²) in [7, 11) is -3.82. The van der Waals surface area contributed by atoms with Gasteiger partial charge in [-0.3, -0.25) is 14.8 Å². The van der Waals surface area contributed by atoms with Crippen molar-refractivity contribution in [2.45, 2.75) is 4.90 Å². The molecule has 0 fully saturated rings. The molecular weight excluding hydrogens is 442 g/mol. The van der Waals surface area contributed by atoms with Gasteiger partial charge in [-0.05, 0) is 42.5 Å². The number of sulfonamides is 1. The maximum atomic E-state index is 12.7. The summed E-state index contributed by atoms with van der Waals surface area (Å²) in [6.45, 7) is 0. The topological polar surface area (TPSA) is 130 Å². The maximum Gasteiger partial charge on any atom is 0.269 e. The number of nitrogens with zero attached hydrogens (tertiary/aromatic N) is 3. The number of anilines is 1. The van der Waals surface area contributed by atoms with Crippen LogP contribution in [0.4, 0.5) is 22.7 Å². The van der Waals surface area contributed by atoms with Crippen LogP contribution in [0.15, 0.2) is 88.1 Å². The quantitative estimate of drug-likeness (QED) is 0.211. The van der Waals surface area contributed by atoms with E-state index in [2.05, 4.69) is 19.9 Å². The Kier molecular flexibility index (Phi) is 5.40. The molecule has 1 aromatic heterocycles. The number of halogens is 1. The Labute approximate surface area is 181 Å². The second-order valence-electron chi connectivity index (χ2n) is 6.43. The molecule has 9 nitrogen and oxygen atoms in total. The second kappa shape index (κ2) is 8.17. The Bertz CT molecular complexity index is 1400. The molecule has 0 aliphatic carbocycles. The summed E-state index contributed by atoms with van der Waals surface area (Å²) in [6.07, 6.45) is 1.60. The lowest BCUT2D eigenvalue weighted by Crippen LogP contribution is -2.13. The fourth-order valence-electron chi connectivity index (χ4n) is 2.88. The summed E-state index contributed by atoms with van der Waals surface area (Å²) in [5.41, 5.74) is 1.78. The van der Waals surface area contributed by atoms with Gasteiger partial charge in [-0.25, -0.2) is 8.42 Å². The predicted octanol–water partition coefficient (Wildman–Crippen LogP) is 5.95. The number of para-hydroxylation sites is 1. The third kappa shape index (κ3) is 4.39. The van der Waals surface area contributed by atoms with E-state index < -0.39 is 14.9 Å². The first-order valence-electron chi connectivity index (χ1n) is 8.88. The molecule has 0 saturated carbocycles. The molecule has 1 heterocycles. The Hall–Kier alpha value is -3.76. The zero-order valence-electron chi connectivity index (χ0n) is 15.7. The van der Waals surface area contributed by atoms with Crippen LogP contribution in [-0.4, -0.2) is 18.3 Å². The molecular formula is C20H14ClN5O4S. The zero-order chi connectivity index (χ0) is 22.0. The van der Waals surface area contributed by atoms with E-state index in [9.17, 15) is 18.5 Å². The van der Waals surface area contributed by atoms with Crippen molar-refractivity contribution in [1.29, 1.82) is 0 Å². The Morgan fingerprint density at radius 1 is 0.968 bits per heavy atom. The van der Waals surface area contributed by atoms with Crippen molar-refractivity contribution in [3.8, 4) is 0 Å². The smallest absolute Gasteiger partial charge is 0.269 e. The van der Waals surface area contributed by atoms with E-state index in [1.807, 2.05) is 0 Å². The summed E-state index contributed by atoms with van der Waals surface area (Å²) in [5, 5.41) is 20.1. The van der Waals surface area contributed by atoms with Gasteiger partial charge in [0.05, 0.1) is 26.7 Å². The van der Waals surface area contributed by atoms with Crippen LogP contribution in [0.5, 0.6) is 0 Å². The molecule has 0 radical (unpaired) electrons. The molecule has 0 saturated heterocycles. The van der Waals surface area contributed by atoms with Crippen LogP contribution < -0.4 is 4.72 Å². The number of benzene rings is 3. The van der Waals surface area contributed by atoms with E-state index in [4.69, 9.17) is 11.6 Å². The fraction of sp³-hybridized carbons (Fsp3) is 0. The average molecular weight is 456 g/mol. The lowest BCUT2D eigenvalue weighted by molar-refractivity contribution is -0.384. The number of hydrogen-bond acceptors (Lipinski definition) is 6. The summed E-state index contributed by atoms with van der Waals surface area (Å²) in [5.74, 6) is 0. The van der Waals surface area contributed by atoms with Gasteiger partial charge in [0.1, 0.15) is 5.69 Å². The normalized spacial score (nSPS) is 11.8. The molecule has 3 aromatic carbocycles. The number of nitrogens with one attached hydrogen (secondary N) is 2. The number of aromatic amines is 1. The molecule has 0 aliphatic heterocycles. The van der Waals surface area contributed by atoms with E-state index in [-0.39, 0.29) is 10.6 Å². The first-order valence-corrected chi connectivity index (χ1v) is 10.7. The first-order chi connectivity index (χ1) is 14.8. The predicted molar refractivity (Wildman–Crippen MR) is 118 cm³/mol. The molecule has 0 atom stereocenters. The van der Waals surface area contributed by atoms with Gasteiger partial charge in [0, 0.05) is 28.7 Å². The van der Waals surface area contributed by atoms with Gasteiger partial charge in [-0.15, -0.1) is 5.11 Å². The minimum atomic E-state index is -3.82. The summed E-state index contributed by atoms with van der Waals surface area (Å²) in [6, 6.07) is 16.6. The molecule has 0 spiro atoms. The van der Waals surface area contributed by atoms with Crippen molar-refractivity contribution in [2.24, 2.45) is 10.2 Å². The molecule has 0 amide bonds. The summed E-state index contributed by atoms with van der Waals surface area (Å²) < 4.78 is 27.9. The summed E-state index contributed by atoms with van der Waals surface area (Å²) >= 11 is 5.83. The maximum absolute atomic E-state index is 12.7. The third-order valence-corrected chi connectivity index (χ3v) is 6.03. The molecule has 4 rings (SSSR count). The van der Waals surface area contributed by atoms with Gasteiger partial charge in [0.15, 0.2) is 0 Å². The van der Waals surface area contributed by atoms with E-state index in [1.165, 1.54) is 48.5 Å². The van der Waals surface area contributed by atoms with Crippen molar-refractivity contribution in [2.75, 3.05) is 4.72 Å². The van der Waals surface area contributed by atoms with Gasteiger partial charge in [-0.1, -0.05) is 23.7 Å². The highest BCUT2D eigenvalue weighted by Crippen LogP contribution is 2.33. The molecule has 0 aliphatic rings. The SMILES string of the molecule is O=[N+]([O-])c1ccc(N=Nc2c[nH]c3c(NS(=O)(=O)c4ccc(Cl)cc4)cccc23)cc1. The largest absolute Gasteiger partial charge is 0.357 e. The molecule has 0 unspecified atom stereocenters. The van der Waals surface area contributed by atoms with Crippen molar-refractivity contribution in [3.05, 3.63) is 88.1 Å². The number of rotatable bonds is 6. The monoisotopic (exact) mass is 455 g/mol. The van der Waals surface area contributed by atoms with Crippen LogP contribution in [0.2, 0.25) is 5.02 Å². The fourth-order valence-corrected chi connectivity index (χ4v) is 4.08. The van der Waals surface area contributed by atoms with Gasteiger partial charge < -0.3 is 4.98 Å². The molecule has 4 aromatic rings. The Morgan fingerprint density at radius 3 is 2.35 bits per heavy atom. The standard InChI is InChI=1S/C20H14ClN5O4S/c21-13-4-10-16(11-5-13)31(29,30)25-18-3-1-2-17-19(12-22-20(17)18)24-23-14-6-8-15(9-7-14)26(27)28/h1-12,22,25H. The van der Waals surface area contributed by atoms with E-state index >= 15 is 0 Å². The van der Waals surface area contributed by atoms with E-state index in [0.717, 1.165) is 0 Å². The number of non-ortho nitro benzene ring substituents is 1. The van der Waals surface area contributed by atoms with Crippen molar-refractivity contribution < 1.29 is 13.3 Å². The molecule has 156 valence electrons. The number of aromatic nitrogens is 1. The van der Waals surface area contributed by atoms with Crippen LogP contribution in [0.3, 0.4) is 0 Å². The minimum Gasteiger partial charge on any atom is -0.357 e. The van der Waals surface area contributed by atoms with Gasteiger partial charge in [0.2, 0.25) is 0 Å². The molecule has 2 N–H and O–H groups in total. The molecule has 0 bridgehead atoms. The highest BCUT2D eigenvalue weighted by atomic mass is 35.5. The lowest BCUT2D eigenvalue weighted by Gasteiger charge is -2.09. The van der Waals surface area contributed by atoms with Crippen LogP contribution in [0, 0.1) is 10.1 Å². The Morgan fingerprint density at radius 2 is 1.68 bits per heavy atom. The number of fused-ring (bicyclic) bond motifs is 1. The van der Waals surface area contributed by atoms with Gasteiger partial charge >= 0.3 is 0 Å². The third-order valence-electron chi connectivity index (χ3n) is 4.40. The van der Waals surface area contributed by atoms with E-state index in [1.54, 1.807) is 24.4 Å². The number of H-pyrrole nitrogens is 1. The van der Waals surface area contributed by atoms with Crippen molar-refractivity contribution >= 4 is 55.3 Å². The van der Waals surface area contributed by atoms with Crippen LogP contribution in [0.25, 0.3) is 10.9 Å². The highest BCUT2D eigenvalue weighted by molar-refractivity contribution is 7.92. The van der Waals surface area contributed by atoms with Crippen molar-refractivity contribution in [1.82, 2.24) is 4.98 Å². The molecule has 11 heteroatoms. The number of azo groups is 1. The second-order valence-corrected chi connectivity index (χ2v) is 8.55. The number of hydrogen-bond donors (Lipinski definition) is 2. The van der Waals surface area contributed by atoms with Crippen LogP contribution >= 0.6 is 11.6 Å². The minimum absolute atomic E-state index is 0.0383. The first kappa shape index (κ1) is 20.5. The zero-order valence-corrected chi connectivity index (χ0v) is 17.3. The number of nitro groups is 1. The van der Waals surface area contributed by atoms with Crippen LogP contribution in [-0.2, 0) is 10.0 Å². The highest BCUT2D eigenvalue weighted by Gasteiger charge is 2.17.